The molecule has 0 aliphatic carbocycles. The molecule has 0 aliphatic rings. The zero-order valence-corrected chi connectivity index (χ0v) is 12.5. The van der Waals surface area contributed by atoms with Crippen LogP contribution in [0.15, 0.2) is 54.7 Å². The van der Waals surface area contributed by atoms with Crippen molar-refractivity contribution in [1.29, 1.82) is 0 Å². The molecule has 2 aromatic carbocycles. The van der Waals surface area contributed by atoms with Crippen LogP contribution >= 0.6 is 0 Å². The van der Waals surface area contributed by atoms with E-state index >= 15 is 0 Å². The van der Waals surface area contributed by atoms with E-state index in [1.165, 1.54) is 0 Å². The van der Waals surface area contributed by atoms with Gasteiger partial charge in [0.25, 0.3) is 0 Å². The lowest BCUT2D eigenvalue weighted by molar-refractivity contribution is -0.117. The Morgan fingerprint density at radius 3 is 2.52 bits per heavy atom. The molecular weight excluding hydrogens is 290 g/mol. The van der Waals surface area contributed by atoms with Gasteiger partial charge in [0.2, 0.25) is 11.8 Å². The standard InChI is InChI=1S/C18H17N3O2/c19-17(22)9-12-5-1-3-7-15(12)21-18(23)10-13-11-20-16-8-4-2-6-14(13)16/h1-8,11,20H,9-10H2,(H2,19,22)(H,21,23). The van der Waals surface area contributed by atoms with Crippen LogP contribution in [0.2, 0.25) is 0 Å². The summed E-state index contributed by atoms with van der Waals surface area (Å²) in [5.74, 6) is -0.560. The van der Waals surface area contributed by atoms with Crippen molar-refractivity contribution in [3.8, 4) is 0 Å². The van der Waals surface area contributed by atoms with Crippen molar-refractivity contribution in [2.45, 2.75) is 12.8 Å². The van der Waals surface area contributed by atoms with E-state index in [2.05, 4.69) is 10.3 Å². The predicted molar refractivity (Wildman–Crippen MR) is 90.0 cm³/mol. The van der Waals surface area contributed by atoms with Crippen molar-refractivity contribution in [2.24, 2.45) is 5.73 Å². The molecule has 3 rings (SSSR count). The number of para-hydroxylation sites is 2. The van der Waals surface area contributed by atoms with E-state index in [0.29, 0.717) is 11.3 Å². The Kier molecular flexibility index (Phi) is 4.10. The van der Waals surface area contributed by atoms with E-state index < -0.39 is 5.91 Å². The number of rotatable bonds is 5. The molecule has 23 heavy (non-hydrogen) atoms. The van der Waals surface area contributed by atoms with Gasteiger partial charge in [0.1, 0.15) is 0 Å². The number of fused-ring (bicyclic) bond motifs is 1. The van der Waals surface area contributed by atoms with Crippen LogP contribution in [-0.4, -0.2) is 16.8 Å². The highest BCUT2D eigenvalue weighted by molar-refractivity contribution is 5.96. The molecule has 4 N–H and O–H groups in total. The first-order chi connectivity index (χ1) is 11.1. The molecule has 1 aromatic heterocycles. The van der Waals surface area contributed by atoms with Crippen molar-refractivity contribution in [2.75, 3.05) is 5.32 Å². The summed E-state index contributed by atoms with van der Waals surface area (Å²) >= 11 is 0. The number of carbonyl (C=O) groups excluding carboxylic acids is 2. The number of nitrogens with one attached hydrogen (secondary N) is 2. The van der Waals surface area contributed by atoms with Gasteiger partial charge in [-0.15, -0.1) is 0 Å². The van der Waals surface area contributed by atoms with Crippen LogP contribution in [0.25, 0.3) is 10.9 Å². The topological polar surface area (TPSA) is 88.0 Å². The van der Waals surface area contributed by atoms with Crippen LogP contribution < -0.4 is 11.1 Å². The molecule has 0 saturated heterocycles. The molecule has 0 aliphatic heterocycles. The molecule has 2 amide bonds. The molecule has 116 valence electrons. The third-order valence-electron chi connectivity index (χ3n) is 3.68. The molecule has 0 fully saturated rings. The van der Waals surface area contributed by atoms with Gasteiger partial charge in [-0.05, 0) is 23.3 Å². The average Bonchev–Trinajstić information content (AvgIpc) is 2.92. The van der Waals surface area contributed by atoms with Gasteiger partial charge in [0, 0.05) is 22.8 Å². The second-order valence-corrected chi connectivity index (χ2v) is 5.38. The quantitative estimate of drug-likeness (QED) is 0.675. The molecule has 0 unspecified atom stereocenters. The van der Waals surface area contributed by atoms with Crippen LogP contribution in [0.5, 0.6) is 0 Å². The minimum absolute atomic E-state index is 0.101. The largest absolute Gasteiger partial charge is 0.369 e. The third-order valence-corrected chi connectivity index (χ3v) is 3.68. The van der Waals surface area contributed by atoms with Gasteiger partial charge in [-0.2, -0.15) is 0 Å². The minimum atomic E-state index is -0.427. The molecule has 0 saturated carbocycles. The van der Waals surface area contributed by atoms with Gasteiger partial charge in [0.05, 0.1) is 12.8 Å². The number of primary amides is 1. The van der Waals surface area contributed by atoms with Crippen molar-refractivity contribution < 1.29 is 9.59 Å². The summed E-state index contributed by atoms with van der Waals surface area (Å²) < 4.78 is 0. The minimum Gasteiger partial charge on any atom is -0.369 e. The van der Waals surface area contributed by atoms with Gasteiger partial charge in [-0.3, -0.25) is 9.59 Å². The number of H-pyrrole nitrogens is 1. The van der Waals surface area contributed by atoms with Crippen LogP contribution in [-0.2, 0) is 22.4 Å². The maximum Gasteiger partial charge on any atom is 0.228 e. The molecular formula is C18H17N3O2. The Bertz CT molecular complexity index is 867. The second kappa shape index (κ2) is 6.36. The Balaban J connectivity index is 1.76. The van der Waals surface area contributed by atoms with E-state index in [0.717, 1.165) is 16.5 Å². The Morgan fingerprint density at radius 2 is 1.70 bits per heavy atom. The zero-order chi connectivity index (χ0) is 16.2. The lowest BCUT2D eigenvalue weighted by Crippen LogP contribution is -2.18. The van der Waals surface area contributed by atoms with Crippen molar-refractivity contribution in [3.63, 3.8) is 0 Å². The summed E-state index contributed by atoms with van der Waals surface area (Å²) in [5.41, 5.74) is 8.52. The highest BCUT2D eigenvalue weighted by Gasteiger charge is 2.11. The number of aromatic nitrogens is 1. The third kappa shape index (κ3) is 3.40. The number of benzene rings is 2. The van der Waals surface area contributed by atoms with Gasteiger partial charge >= 0.3 is 0 Å². The molecule has 0 spiro atoms. The highest BCUT2D eigenvalue weighted by atomic mass is 16.2. The maximum atomic E-state index is 12.3. The fourth-order valence-corrected chi connectivity index (χ4v) is 2.63. The number of nitrogens with two attached hydrogens (primary N) is 1. The number of aromatic amines is 1. The first kappa shape index (κ1) is 14.8. The number of hydrogen-bond acceptors (Lipinski definition) is 2. The van der Waals surface area contributed by atoms with E-state index in [1.807, 2.05) is 42.6 Å². The summed E-state index contributed by atoms with van der Waals surface area (Å²) in [7, 11) is 0. The zero-order valence-electron chi connectivity index (χ0n) is 12.5. The molecule has 5 heteroatoms. The van der Waals surface area contributed by atoms with Crippen LogP contribution in [0.4, 0.5) is 5.69 Å². The molecule has 0 atom stereocenters. The van der Waals surface area contributed by atoms with E-state index in [4.69, 9.17) is 5.73 Å². The van der Waals surface area contributed by atoms with Gasteiger partial charge in [0.15, 0.2) is 0 Å². The van der Waals surface area contributed by atoms with Crippen molar-refractivity contribution in [3.05, 3.63) is 65.9 Å². The Hall–Kier alpha value is -3.08. The first-order valence-corrected chi connectivity index (χ1v) is 7.34. The summed E-state index contributed by atoms with van der Waals surface area (Å²) in [6, 6.07) is 15.0. The van der Waals surface area contributed by atoms with Crippen molar-refractivity contribution >= 4 is 28.4 Å². The summed E-state index contributed by atoms with van der Waals surface area (Å²) in [5, 5.41) is 3.89. The van der Waals surface area contributed by atoms with Crippen LogP contribution in [0.1, 0.15) is 11.1 Å². The van der Waals surface area contributed by atoms with Crippen LogP contribution in [0.3, 0.4) is 0 Å². The smallest absolute Gasteiger partial charge is 0.228 e. The van der Waals surface area contributed by atoms with Crippen molar-refractivity contribution in [1.82, 2.24) is 4.98 Å². The monoisotopic (exact) mass is 307 g/mol. The average molecular weight is 307 g/mol. The summed E-state index contributed by atoms with van der Waals surface area (Å²) in [6.07, 6.45) is 2.21. The number of amides is 2. The lowest BCUT2D eigenvalue weighted by atomic mass is 10.1. The van der Waals surface area contributed by atoms with E-state index in [1.54, 1.807) is 12.1 Å². The number of hydrogen-bond donors (Lipinski definition) is 3. The molecule has 0 radical (unpaired) electrons. The first-order valence-electron chi connectivity index (χ1n) is 7.34. The molecule has 1 heterocycles. The van der Waals surface area contributed by atoms with Gasteiger partial charge in [-0.25, -0.2) is 0 Å². The second-order valence-electron chi connectivity index (χ2n) is 5.38. The lowest BCUT2D eigenvalue weighted by Gasteiger charge is -2.09. The number of carbonyl (C=O) groups is 2. The van der Waals surface area contributed by atoms with E-state index in [-0.39, 0.29) is 18.7 Å². The number of anilines is 1. The fraction of sp³-hybridized carbons (Fsp3) is 0.111. The predicted octanol–water partition coefficient (Wildman–Crippen LogP) is 2.38. The highest BCUT2D eigenvalue weighted by Crippen LogP contribution is 2.20. The Morgan fingerprint density at radius 1 is 0.957 bits per heavy atom. The molecule has 5 nitrogen and oxygen atoms in total. The normalized spacial score (nSPS) is 10.6. The Labute approximate surface area is 133 Å². The summed E-state index contributed by atoms with van der Waals surface area (Å²) in [4.78, 5) is 26.6. The maximum absolute atomic E-state index is 12.3. The molecule has 3 aromatic rings. The van der Waals surface area contributed by atoms with E-state index in [9.17, 15) is 9.59 Å². The fourth-order valence-electron chi connectivity index (χ4n) is 2.63. The molecule has 0 bridgehead atoms. The van der Waals surface area contributed by atoms with Gasteiger partial charge in [-0.1, -0.05) is 36.4 Å². The van der Waals surface area contributed by atoms with Gasteiger partial charge < -0.3 is 16.0 Å². The summed E-state index contributed by atoms with van der Waals surface area (Å²) in [6.45, 7) is 0. The SMILES string of the molecule is NC(=O)Cc1ccccc1NC(=O)Cc1c[nH]c2ccccc12. The van der Waals surface area contributed by atoms with Crippen LogP contribution in [0, 0.1) is 0 Å².